The van der Waals surface area contributed by atoms with Gasteiger partial charge in [0.25, 0.3) is 5.91 Å². The highest BCUT2D eigenvalue weighted by Crippen LogP contribution is 2.13. The fourth-order valence-corrected chi connectivity index (χ4v) is 1.69. The van der Waals surface area contributed by atoms with Gasteiger partial charge in [0.2, 0.25) is 0 Å². The van der Waals surface area contributed by atoms with E-state index in [1.165, 1.54) is 6.20 Å². The highest BCUT2D eigenvalue weighted by atomic mass is 16.6. The Morgan fingerprint density at radius 3 is 2.29 bits per heavy atom. The molecule has 5 heteroatoms. The standard InChI is InChI=1S/C16H24N2O3/c1-10(2)13(15(20)21-16(4,5)6)18-14(19)12-8-7-11(3)17-9-12/h7-10,13H,1-6H3,(H,18,19)/t13-/m1/s1. The van der Waals surface area contributed by atoms with Crippen molar-refractivity contribution in [3.8, 4) is 0 Å². The van der Waals surface area contributed by atoms with Crippen molar-refractivity contribution in [1.82, 2.24) is 10.3 Å². The molecule has 1 aromatic rings. The van der Waals surface area contributed by atoms with Crippen LogP contribution < -0.4 is 5.32 Å². The van der Waals surface area contributed by atoms with E-state index in [1.54, 1.807) is 32.9 Å². The number of hydrogen-bond donors (Lipinski definition) is 1. The van der Waals surface area contributed by atoms with E-state index in [9.17, 15) is 9.59 Å². The lowest BCUT2D eigenvalue weighted by molar-refractivity contribution is -0.158. The lowest BCUT2D eigenvalue weighted by atomic mass is 10.0. The van der Waals surface area contributed by atoms with E-state index in [0.717, 1.165) is 5.69 Å². The molecule has 1 rings (SSSR count). The van der Waals surface area contributed by atoms with Gasteiger partial charge < -0.3 is 10.1 Å². The van der Waals surface area contributed by atoms with Crippen molar-refractivity contribution >= 4 is 11.9 Å². The van der Waals surface area contributed by atoms with Crippen molar-refractivity contribution in [2.45, 2.75) is 53.2 Å². The van der Waals surface area contributed by atoms with Crippen molar-refractivity contribution in [3.05, 3.63) is 29.6 Å². The van der Waals surface area contributed by atoms with E-state index in [2.05, 4.69) is 10.3 Å². The van der Waals surface area contributed by atoms with Gasteiger partial charge in [0, 0.05) is 11.9 Å². The molecule has 0 aromatic carbocycles. The average molecular weight is 292 g/mol. The number of aryl methyl sites for hydroxylation is 1. The first-order valence-electron chi connectivity index (χ1n) is 7.06. The Balaban J connectivity index is 2.81. The van der Waals surface area contributed by atoms with Gasteiger partial charge in [-0.2, -0.15) is 0 Å². The molecule has 1 atom stereocenters. The number of carbonyl (C=O) groups is 2. The van der Waals surface area contributed by atoms with Gasteiger partial charge in [-0.25, -0.2) is 4.79 Å². The predicted octanol–water partition coefficient (Wildman–Crippen LogP) is 2.49. The van der Waals surface area contributed by atoms with Crippen LogP contribution in [0.25, 0.3) is 0 Å². The fraction of sp³-hybridized carbons (Fsp3) is 0.562. The van der Waals surface area contributed by atoms with E-state index < -0.39 is 17.6 Å². The van der Waals surface area contributed by atoms with Crippen molar-refractivity contribution in [1.29, 1.82) is 0 Å². The molecule has 0 aliphatic rings. The monoisotopic (exact) mass is 292 g/mol. The summed E-state index contributed by atoms with van der Waals surface area (Å²) in [5, 5.41) is 2.72. The normalized spacial score (nSPS) is 12.9. The van der Waals surface area contributed by atoms with Crippen LogP contribution in [0.3, 0.4) is 0 Å². The second-order valence-electron chi connectivity index (χ2n) is 6.42. The lowest BCUT2D eigenvalue weighted by Gasteiger charge is -2.26. The summed E-state index contributed by atoms with van der Waals surface area (Å²) < 4.78 is 5.35. The third-order valence-corrected chi connectivity index (χ3v) is 2.79. The Morgan fingerprint density at radius 1 is 1.24 bits per heavy atom. The first-order chi connectivity index (χ1) is 9.60. The number of nitrogens with one attached hydrogen (secondary N) is 1. The summed E-state index contributed by atoms with van der Waals surface area (Å²) in [6.07, 6.45) is 1.50. The molecule has 0 bridgehead atoms. The minimum atomic E-state index is -0.682. The molecule has 5 nitrogen and oxygen atoms in total. The maximum absolute atomic E-state index is 12.2. The van der Waals surface area contributed by atoms with Crippen LogP contribution in [0, 0.1) is 12.8 Å². The van der Waals surface area contributed by atoms with E-state index in [0.29, 0.717) is 5.56 Å². The first-order valence-corrected chi connectivity index (χ1v) is 7.06. The summed E-state index contributed by atoms with van der Waals surface area (Å²) in [5.41, 5.74) is 0.675. The average Bonchev–Trinajstić information content (AvgIpc) is 2.33. The van der Waals surface area contributed by atoms with Gasteiger partial charge in [-0.15, -0.1) is 0 Å². The molecule has 1 aromatic heterocycles. The van der Waals surface area contributed by atoms with Crippen LogP contribution >= 0.6 is 0 Å². The summed E-state index contributed by atoms with van der Waals surface area (Å²) in [4.78, 5) is 28.4. The smallest absolute Gasteiger partial charge is 0.329 e. The second kappa shape index (κ2) is 6.70. The lowest BCUT2D eigenvalue weighted by Crippen LogP contribution is -2.47. The van der Waals surface area contributed by atoms with E-state index in [4.69, 9.17) is 4.74 Å². The van der Waals surface area contributed by atoms with E-state index in [-0.39, 0.29) is 11.8 Å². The Labute approximate surface area is 126 Å². The van der Waals surface area contributed by atoms with Crippen LogP contribution in [0.4, 0.5) is 0 Å². The Morgan fingerprint density at radius 2 is 1.86 bits per heavy atom. The van der Waals surface area contributed by atoms with Crippen molar-refractivity contribution < 1.29 is 14.3 Å². The summed E-state index contributed by atoms with van der Waals surface area (Å²) in [6, 6.07) is 2.76. The maximum Gasteiger partial charge on any atom is 0.329 e. The molecule has 1 amide bonds. The molecule has 1 N–H and O–H groups in total. The van der Waals surface area contributed by atoms with Gasteiger partial charge in [-0.1, -0.05) is 13.8 Å². The molecule has 1 heterocycles. The molecule has 21 heavy (non-hydrogen) atoms. The molecule has 0 fully saturated rings. The minimum Gasteiger partial charge on any atom is -0.458 e. The SMILES string of the molecule is Cc1ccc(C(=O)N[C@@H](C(=O)OC(C)(C)C)C(C)C)cn1. The van der Waals surface area contributed by atoms with Crippen LogP contribution in [0.5, 0.6) is 0 Å². The third kappa shape index (κ3) is 5.53. The van der Waals surface area contributed by atoms with Gasteiger partial charge in [-0.05, 0) is 45.7 Å². The largest absolute Gasteiger partial charge is 0.458 e. The molecule has 0 aliphatic heterocycles. The van der Waals surface area contributed by atoms with Crippen LogP contribution in [0.15, 0.2) is 18.3 Å². The van der Waals surface area contributed by atoms with Gasteiger partial charge in [0.05, 0.1) is 5.56 Å². The van der Waals surface area contributed by atoms with Crippen molar-refractivity contribution in [2.75, 3.05) is 0 Å². The molecule has 0 saturated carbocycles. The molecule has 116 valence electrons. The highest BCUT2D eigenvalue weighted by Gasteiger charge is 2.29. The van der Waals surface area contributed by atoms with Crippen molar-refractivity contribution in [2.24, 2.45) is 5.92 Å². The fourth-order valence-electron chi connectivity index (χ4n) is 1.69. The topological polar surface area (TPSA) is 68.3 Å². The van der Waals surface area contributed by atoms with Gasteiger partial charge in [-0.3, -0.25) is 9.78 Å². The van der Waals surface area contributed by atoms with E-state index >= 15 is 0 Å². The molecular formula is C16H24N2O3. The van der Waals surface area contributed by atoms with Crippen LogP contribution in [-0.2, 0) is 9.53 Å². The zero-order chi connectivity index (χ0) is 16.2. The summed E-state index contributed by atoms with van der Waals surface area (Å²) in [7, 11) is 0. The van der Waals surface area contributed by atoms with E-state index in [1.807, 2.05) is 20.8 Å². The molecular weight excluding hydrogens is 268 g/mol. The number of ether oxygens (including phenoxy) is 1. The molecule has 0 saturated heterocycles. The Bertz CT molecular complexity index is 501. The zero-order valence-electron chi connectivity index (χ0n) is 13.6. The summed E-state index contributed by atoms with van der Waals surface area (Å²) >= 11 is 0. The van der Waals surface area contributed by atoms with Gasteiger partial charge in [0.15, 0.2) is 0 Å². The summed E-state index contributed by atoms with van der Waals surface area (Å²) in [5.74, 6) is -0.819. The second-order valence-corrected chi connectivity index (χ2v) is 6.42. The zero-order valence-corrected chi connectivity index (χ0v) is 13.6. The Kier molecular flexibility index (Phi) is 5.47. The van der Waals surface area contributed by atoms with Crippen molar-refractivity contribution in [3.63, 3.8) is 0 Å². The molecule has 0 unspecified atom stereocenters. The number of esters is 1. The predicted molar refractivity (Wildman–Crippen MR) is 80.9 cm³/mol. The highest BCUT2D eigenvalue weighted by molar-refractivity contribution is 5.96. The molecule has 0 radical (unpaired) electrons. The number of nitrogens with zero attached hydrogens (tertiary/aromatic N) is 1. The Hall–Kier alpha value is -1.91. The number of rotatable bonds is 4. The van der Waals surface area contributed by atoms with Crippen LogP contribution in [-0.4, -0.2) is 28.5 Å². The number of hydrogen-bond acceptors (Lipinski definition) is 4. The van der Waals surface area contributed by atoms with Crippen LogP contribution in [0.2, 0.25) is 0 Å². The quantitative estimate of drug-likeness (QED) is 0.866. The molecule has 0 aliphatic carbocycles. The minimum absolute atomic E-state index is 0.0674. The number of carbonyl (C=O) groups excluding carboxylic acids is 2. The maximum atomic E-state index is 12.2. The number of pyridine rings is 1. The summed E-state index contributed by atoms with van der Waals surface area (Å²) in [6.45, 7) is 11.0. The molecule has 0 spiro atoms. The van der Waals surface area contributed by atoms with Gasteiger partial charge in [0.1, 0.15) is 11.6 Å². The third-order valence-electron chi connectivity index (χ3n) is 2.79. The van der Waals surface area contributed by atoms with Crippen LogP contribution in [0.1, 0.15) is 50.7 Å². The first kappa shape index (κ1) is 17.1. The number of amides is 1. The number of aromatic nitrogens is 1. The van der Waals surface area contributed by atoms with Gasteiger partial charge >= 0.3 is 5.97 Å².